The summed E-state index contributed by atoms with van der Waals surface area (Å²) in [4.78, 5) is 9.12. The number of para-hydroxylation sites is 1. The first-order valence-electron chi connectivity index (χ1n) is 7.78. The molecule has 0 bridgehead atoms. The van der Waals surface area contributed by atoms with E-state index < -0.39 is 0 Å². The van der Waals surface area contributed by atoms with Crippen molar-refractivity contribution in [3.8, 4) is 5.75 Å². The fourth-order valence-corrected chi connectivity index (χ4v) is 2.42. The molecule has 5 nitrogen and oxygen atoms in total. The third-order valence-corrected chi connectivity index (χ3v) is 3.73. The number of hydrogen-bond acceptors (Lipinski definition) is 5. The average Bonchev–Trinajstić information content (AvgIpc) is 3.38. The number of anilines is 2. The van der Waals surface area contributed by atoms with Gasteiger partial charge in [0.05, 0.1) is 12.8 Å². The molecule has 0 unspecified atom stereocenters. The summed E-state index contributed by atoms with van der Waals surface area (Å²) in [5, 5.41) is 6.59. The summed E-state index contributed by atoms with van der Waals surface area (Å²) in [7, 11) is 1.69. The van der Waals surface area contributed by atoms with Crippen molar-refractivity contribution < 1.29 is 4.74 Å². The van der Waals surface area contributed by atoms with Crippen LogP contribution in [0, 0.1) is 0 Å². The normalized spacial score (nSPS) is 13.7. The SMILES string of the molecule is CCNc1nc(NCc2ccccc2OC)cc(C2CC2)n1. The maximum atomic E-state index is 5.38. The molecule has 1 fully saturated rings. The van der Waals surface area contributed by atoms with Crippen LogP contribution in [0.3, 0.4) is 0 Å². The molecule has 1 saturated carbocycles. The standard InChI is InChI=1S/C17H22N4O/c1-3-18-17-20-14(12-8-9-12)10-16(21-17)19-11-13-6-4-5-7-15(13)22-2/h4-7,10,12H,3,8-9,11H2,1-2H3,(H2,18,19,20,21). The van der Waals surface area contributed by atoms with E-state index in [2.05, 4.69) is 39.7 Å². The van der Waals surface area contributed by atoms with Gasteiger partial charge in [0, 0.05) is 30.6 Å². The summed E-state index contributed by atoms with van der Waals surface area (Å²) in [6.45, 7) is 3.55. The van der Waals surface area contributed by atoms with Crippen LogP contribution in [-0.2, 0) is 6.54 Å². The van der Waals surface area contributed by atoms with E-state index in [1.807, 2.05) is 18.2 Å². The molecule has 2 N–H and O–H groups in total. The minimum absolute atomic E-state index is 0.604. The molecular formula is C17H22N4O. The van der Waals surface area contributed by atoms with Crippen LogP contribution in [0.4, 0.5) is 11.8 Å². The van der Waals surface area contributed by atoms with Crippen LogP contribution in [0.25, 0.3) is 0 Å². The molecule has 0 atom stereocenters. The first-order chi connectivity index (χ1) is 10.8. The molecule has 116 valence electrons. The summed E-state index contributed by atoms with van der Waals surface area (Å²) in [6.07, 6.45) is 2.46. The van der Waals surface area contributed by atoms with Crippen LogP contribution in [0.5, 0.6) is 5.75 Å². The van der Waals surface area contributed by atoms with E-state index in [9.17, 15) is 0 Å². The molecular weight excluding hydrogens is 276 g/mol. The van der Waals surface area contributed by atoms with Gasteiger partial charge in [-0.05, 0) is 25.8 Å². The Labute approximate surface area is 131 Å². The zero-order chi connectivity index (χ0) is 15.4. The summed E-state index contributed by atoms with van der Waals surface area (Å²) >= 11 is 0. The zero-order valence-corrected chi connectivity index (χ0v) is 13.1. The Bertz CT molecular complexity index is 640. The van der Waals surface area contributed by atoms with E-state index >= 15 is 0 Å². The lowest BCUT2D eigenvalue weighted by Crippen LogP contribution is -2.08. The van der Waals surface area contributed by atoms with Crippen molar-refractivity contribution in [2.45, 2.75) is 32.2 Å². The quantitative estimate of drug-likeness (QED) is 0.820. The van der Waals surface area contributed by atoms with E-state index in [1.54, 1.807) is 7.11 Å². The molecule has 1 aliphatic rings. The third-order valence-electron chi connectivity index (χ3n) is 3.73. The zero-order valence-electron chi connectivity index (χ0n) is 13.1. The van der Waals surface area contributed by atoms with Crippen molar-refractivity contribution in [1.82, 2.24) is 9.97 Å². The van der Waals surface area contributed by atoms with Crippen molar-refractivity contribution in [1.29, 1.82) is 0 Å². The van der Waals surface area contributed by atoms with Crippen LogP contribution in [0.15, 0.2) is 30.3 Å². The van der Waals surface area contributed by atoms with Crippen molar-refractivity contribution in [3.05, 3.63) is 41.6 Å². The maximum Gasteiger partial charge on any atom is 0.224 e. The molecule has 0 saturated heterocycles. The van der Waals surface area contributed by atoms with E-state index in [0.717, 1.165) is 29.4 Å². The highest BCUT2D eigenvalue weighted by Gasteiger charge is 2.26. The van der Waals surface area contributed by atoms with Gasteiger partial charge in [-0.1, -0.05) is 18.2 Å². The van der Waals surface area contributed by atoms with Crippen LogP contribution < -0.4 is 15.4 Å². The number of hydrogen-bond donors (Lipinski definition) is 2. The molecule has 1 aromatic heterocycles. The van der Waals surface area contributed by atoms with Gasteiger partial charge in [-0.25, -0.2) is 4.98 Å². The highest BCUT2D eigenvalue weighted by Crippen LogP contribution is 2.39. The number of rotatable bonds is 7. The van der Waals surface area contributed by atoms with Crippen LogP contribution in [0.2, 0.25) is 0 Å². The Morgan fingerprint density at radius 2 is 2.00 bits per heavy atom. The van der Waals surface area contributed by atoms with Gasteiger partial charge in [-0.2, -0.15) is 4.98 Å². The van der Waals surface area contributed by atoms with E-state index in [1.165, 1.54) is 12.8 Å². The largest absolute Gasteiger partial charge is 0.496 e. The Balaban J connectivity index is 1.76. The Kier molecular flexibility index (Phi) is 4.42. The topological polar surface area (TPSA) is 59.1 Å². The molecule has 0 radical (unpaired) electrons. The van der Waals surface area contributed by atoms with Gasteiger partial charge < -0.3 is 15.4 Å². The fourth-order valence-electron chi connectivity index (χ4n) is 2.42. The second-order valence-corrected chi connectivity index (χ2v) is 5.47. The predicted molar refractivity (Wildman–Crippen MR) is 88.5 cm³/mol. The molecule has 1 heterocycles. The second-order valence-electron chi connectivity index (χ2n) is 5.47. The fraction of sp³-hybridized carbons (Fsp3) is 0.412. The van der Waals surface area contributed by atoms with Gasteiger partial charge >= 0.3 is 0 Å². The van der Waals surface area contributed by atoms with Crippen LogP contribution >= 0.6 is 0 Å². The first kappa shape index (κ1) is 14.6. The molecule has 0 spiro atoms. The number of ether oxygens (including phenoxy) is 1. The predicted octanol–water partition coefficient (Wildman–Crippen LogP) is 3.41. The Morgan fingerprint density at radius 1 is 1.18 bits per heavy atom. The molecule has 3 rings (SSSR count). The van der Waals surface area contributed by atoms with Gasteiger partial charge in [0.25, 0.3) is 0 Å². The molecule has 22 heavy (non-hydrogen) atoms. The van der Waals surface area contributed by atoms with E-state index in [4.69, 9.17) is 4.74 Å². The molecule has 2 aromatic rings. The lowest BCUT2D eigenvalue weighted by atomic mass is 10.2. The van der Waals surface area contributed by atoms with Crippen LogP contribution in [0.1, 0.15) is 36.9 Å². The molecule has 1 aliphatic carbocycles. The summed E-state index contributed by atoms with van der Waals surface area (Å²) < 4.78 is 5.38. The molecule has 1 aromatic carbocycles. The van der Waals surface area contributed by atoms with Crippen LogP contribution in [-0.4, -0.2) is 23.6 Å². The number of methoxy groups -OCH3 is 1. The number of aromatic nitrogens is 2. The van der Waals surface area contributed by atoms with Crippen molar-refractivity contribution >= 4 is 11.8 Å². The van der Waals surface area contributed by atoms with Crippen molar-refractivity contribution in [3.63, 3.8) is 0 Å². The number of benzene rings is 1. The first-order valence-corrected chi connectivity index (χ1v) is 7.78. The Morgan fingerprint density at radius 3 is 2.73 bits per heavy atom. The minimum atomic E-state index is 0.604. The van der Waals surface area contributed by atoms with E-state index in [0.29, 0.717) is 18.4 Å². The summed E-state index contributed by atoms with van der Waals surface area (Å²) in [5.74, 6) is 3.05. The Hall–Kier alpha value is -2.30. The minimum Gasteiger partial charge on any atom is -0.496 e. The summed E-state index contributed by atoms with van der Waals surface area (Å²) in [5.41, 5.74) is 2.25. The molecule has 0 aliphatic heterocycles. The number of nitrogens with one attached hydrogen (secondary N) is 2. The summed E-state index contributed by atoms with van der Waals surface area (Å²) in [6, 6.07) is 10.1. The third kappa shape index (κ3) is 3.47. The van der Waals surface area contributed by atoms with Crippen molar-refractivity contribution in [2.24, 2.45) is 0 Å². The smallest absolute Gasteiger partial charge is 0.224 e. The highest BCUT2D eigenvalue weighted by atomic mass is 16.5. The molecule has 0 amide bonds. The lowest BCUT2D eigenvalue weighted by Gasteiger charge is -2.12. The second kappa shape index (κ2) is 6.64. The average molecular weight is 298 g/mol. The van der Waals surface area contributed by atoms with Crippen molar-refractivity contribution in [2.75, 3.05) is 24.3 Å². The molecule has 5 heteroatoms. The van der Waals surface area contributed by atoms with Gasteiger partial charge in [-0.3, -0.25) is 0 Å². The van der Waals surface area contributed by atoms with Gasteiger partial charge in [0.2, 0.25) is 5.95 Å². The maximum absolute atomic E-state index is 5.38. The van der Waals surface area contributed by atoms with Gasteiger partial charge in [-0.15, -0.1) is 0 Å². The highest BCUT2D eigenvalue weighted by molar-refractivity contribution is 5.45. The van der Waals surface area contributed by atoms with Gasteiger partial charge in [0.15, 0.2) is 0 Å². The monoisotopic (exact) mass is 298 g/mol. The lowest BCUT2D eigenvalue weighted by molar-refractivity contribution is 0.410. The van der Waals surface area contributed by atoms with Gasteiger partial charge in [0.1, 0.15) is 11.6 Å². The van der Waals surface area contributed by atoms with E-state index in [-0.39, 0.29) is 0 Å². The number of nitrogens with zero attached hydrogens (tertiary/aromatic N) is 2.